The number of nitrogens with one attached hydrogen (secondary N) is 1. The average molecular weight is 373 g/mol. The molecule has 0 aliphatic rings. The summed E-state index contributed by atoms with van der Waals surface area (Å²) in [7, 11) is -3.83. The molecule has 0 aliphatic carbocycles. The Morgan fingerprint density at radius 3 is 2.36 bits per heavy atom. The summed E-state index contributed by atoms with van der Waals surface area (Å²) in [6, 6.07) is 19.0. The van der Waals surface area contributed by atoms with E-state index in [0.29, 0.717) is 5.69 Å². The second-order valence-electron chi connectivity index (χ2n) is 5.65. The van der Waals surface area contributed by atoms with E-state index in [1.165, 1.54) is 6.07 Å². The van der Waals surface area contributed by atoms with Crippen molar-refractivity contribution < 1.29 is 8.42 Å². The minimum Gasteiger partial charge on any atom is -0.259 e. The first-order valence-electron chi connectivity index (χ1n) is 7.72. The maximum Gasteiger partial charge on any atom is 0.242 e. The third kappa shape index (κ3) is 4.07. The molecule has 1 heterocycles. The smallest absolute Gasteiger partial charge is 0.242 e. The molecule has 128 valence electrons. The highest BCUT2D eigenvalue weighted by atomic mass is 35.5. The van der Waals surface area contributed by atoms with Crippen LogP contribution in [0.5, 0.6) is 0 Å². The van der Waals surface area contributed by atoms with Gasteiger partial charge >= 0.3 is 0 Å². The van der Waals surface area contributed by atoms with Crippen LogP contribution in [0.15, 0.2) is 77.8 Å². The molecule has 3 rings (SSSR count). The minimum absolute atomic E-state index is 0.0524. The zero-order valence-corrected chi connectivity index (χ0v) is 15.1. The van der Waals surface area contributed by atoms with Crippen molar-refractivity contribution in [1.29, 1.82) is 0 Å². The van der Waals surface area contributed by atoms with Gasteiger partial charge in [-0.05, 0) is 42.3 Å². The zero-order valence-electron chi connectivity index (χ0n) is 13.6. The lowest BCUT2D eigenvalue weighted by molar-refractivity contribution is 0.570. The number of pyridine rings is 1. The summed E-state index contributed by atoms with van der Waals surface area (Å²) in [6.07, 6.45) is 1.64. The largest absolute Gasteiger partial charge is 0.259 e. The van der Waals surface area contributed by atoms with Gasteiger partial charge in [0.15, 0.2) is 0 Å². The normalized spacial score (nSPS) is 12.7. The highest BCUT2D eigenvalue weighted by Gasteiger charge is 2.25. The van der Waals surface area contributed by atoms with Crippen molar-refractivity contribution in [1.82, 2.24) is 9.71 Å². The molecular weight excluding hydrogens is 356 g/mol. The molecule has 0 amide bonds. The van der Waals surface area contributed by atoms with Crippen LogP contribution in [0.3, 0.4) is 0 Å². The van der Waals surface area contributed by atoms with E-state index in [1.54, 1.807) is 30.5 Å². The molecular formula is C19H17ClN2O2S. The van der Waals surface area contributed by atoms with Crippen LogP contribution < -0.4 is 4.72 Å². The number of benzene rings is 2. The van der Waals surface area contributed by atoms with Gasteiger partial charge in [0.2, 0.25) is 10.0 Å². The first-order chi connectivity index (χ1) is 12.0. The molecule has 3 aromatic rings. The van der Waals surface area contributed by atoms with Crippen molar-refractivity contribution in [2.24, 2.45) is 0 Å². The number of sulfonamides is 1. The predicted molar refractivity (Wildman–Crippen MR) is 99.0 cm³/mol. The molecule has 1 N–H and O–H groups in total. The quantitative estimate of drug-likeness (QED) is 0.733. The number of rotatable bonds is 5. The van der Waals surface area contributed by atoms with Gasteiger partial charge in [-0.25, -0.2) is 8.42 Å². The minimum atomic E-state index is -3.83. The van der Waals surface area contributed by atoms with Gasteiger partial charge in [-0.1, -0.05) is 54.1 Å². The molecule has 25 heavy (non-hydrogen) atoms. The standard InChI is InChI=1S/C19H17ClN2O2S/c1-14-10-11-18(16(20)13-14)25(23,24)22-19(15-7-3-2-4-8-15)17-9-5-6-12-21-17/h2-13,19,22H,1H3/t19-/m1/s1. The number of halogens is 1. The van der Waals surface area contributed by atoms with E-state index in [9.17, 15) is 8.42 Å². The van der Waals surface area contributed by atoms with Crippen molar-refractivity contribution in [3.05, 3.63) is 94.8 Å². The molecule has 0 saturated carbocycles. The van der Waals surface area contributed by atoms with E-state index < -0.39 is 16.1 Å². The fraction of sp³-hybridized carbons (Fsp3) is 0.105. The van der Waals surface area contributed by atoms with Gasteiger partial charge in [0.1, 0.15) is 4.90 Å². The van der Waals surface area contributed by atoms with Crippen LogP contribution in [0.2, 0.25) is 5.02 Å². The SMILES string of the molecule is Cc1ccc(S(=O)(=O)N[C@H](c2ccccc2)c2ccccn2)c(Cl)c1. The molecule has 6 heteroatoms. The molecule has 4 nitrogen and oxygen atoms in total. The number of hydrogen-bond donors (Lipinski definition) is 1. The van der Waals surface area contributed by atoms with Crippen molar-refractivity contribution in [3.63, 3.8) is 0 Å². The van der Waals surface area contributed by atoms with Crippen molar-refractivity contribution in [2.45, 2.75) is 17.9 Å². The fourth-order valence-corrected chi connectivity index (χ4v) is 4.33. The molecule has 0 aliphatic heterocycles. The molecule has 0 bridgehead atoms. The Kier molecular flexibility index (Phi) is 5.18. The van der Waals surface area contributed by atoms with Gasteiger partial charge in [0.25, 0.3) is 0 Å². The molecule has 0 spiro atoms. The Morgan fingerprint density at radius 1 is 1.00 bits per heavy atom. The predicted octanol–water partition coefficient (Wildman–Crippen LogP) is 4.11. The van der Waals surface area contributed by atoms with Gasteiger partial charge < -0.3 is 0 Å². The highest BCUT2D eigenvalue weighted by Crippen LogP contribution is 2.27. The van der Waals surface area contributed by atoms with E-state index in [2.05, 4.69) is 9.71 Å². The van der Waals surface area contributed by atoms with E-state index in [4.69, 9.17) is 11.6 Å². The van der Waals surface area contributed by atoms with Crippen molar-refractivity contribution in [3.8, 4) is 0 Å². The molecule has 0 radical (unpaired) electrons. The summed E-state index contributed by atoms with van der Waals surface area (Å²) in [4.78, 5) is 4.36. The van der Waals surface area contributed by atoms with Crippen LogP contribution in [-0.4, -0.2) is 13.4 Å². The molecule has 1 aromatic heterocycles. The Morgan fingerprint density at radius 2 is 1.72 bits per heavy atom. The summed E-state index contributed by atoms with van der Waals surface area (Å²) >= 11 is 6.15. The van der Waals surface area contributed by atoms with Gasteiger partial charge in [0, 0.05) is 6.20 Å². The second kappa shape index (κ2) is 7.35. The first-order valence-corrected chi connectivity index (χ1v) is 9.58. The molecule has 2 aromatic carbocycles. The first kappa shape index (κ1) is 17.6. The van der Waals surface area contributed by atoms with Gasteiger partial charge in [-0.2, -0.15) is 4.72 Å². The summed E-state index contributed by atoms with van der Waals surface area (Å²) < 4.78 is 28.5. The molecule has 0 saturated heterocycles. The Bertz CT molecular complexity index is 922. The van der Waals surface area contributed by atoms with E-state index in [1.807, 2.05) is 43.3 Å². The fourth-order valence-electron chi connectivity index (χ4n) is 2.53. The number of nitrogens with zero attached hydrogens (tertiary/aromatic N) is 1. The van der Waals surface area contributed by atoms with Crippen LogP contribution in [-0.2, 0) is 10.0 Å². The maximum atomic E-state index is 12.9. The van der Waals surface area contributed by atoms with E-state index in [-0.39, 0.29) is 9.92 Å². The van der Waals surface area contributed by atoms with E-state index in [0.717, 1.165) is 11.1 Å². The molecule has 0 unspecified atom stereocenters. The van der Waals surface area contributed by atoms with Gasteiger partial charge in [-0.15, -0.1) is 0 Å². The van der Waals surface area contributed by atoms with Crippen molar-refractivity contribution >= 4 is 21.6 Å². The molecule has 0 fully saturated rings. The van der Waals surface area contributed by atoms with Gasteiger partial charge in [-0.3, -0.25) is 4.98 Å². The summed E-state index contributed by atoms with van der Waals surface area (Å²) in [6.45, 7) is 1.86. The highest BCUT2D eigenvalue weighted by molar-refractivity contribution is 7.89. The zero-order chi connectivity index (χ0) is 17.9. The summed E-state index contributed by atoms with van der Waals surface area (Å²) in [5.41, 5.74) is 2.31. The third-order valence-corrected chi connectivity index (χ3v) is 5.67. The van der Waals surface area contributed by atoms with Crippen LogP contribution in [0, 0.1) is 6.92 Å². The Balaban J connectivity index is 2.03. The van der Waals surface area contributed by atoms with Crippen LogP contribution in [0.25, 0.3) is 0 Å². The van der Waals surface area contributed by atoms with Crippen molar-refractivity contribution in [2.75, 3.05) is 0 Å². The number of hydrogen-bond acceptors (Lipinski definition) is 3. The second-order valence-corrected chi connectivity index (χ2v) is 7.74. The summed E-state index contributed by atoms with van der Waals surface area (Å²) in [5, 5.41) is 0.195. The average Bonchev–Trinajstić information content (AvgIpc) is 2.61. The topological polar surface area (TPSA) is 59.1 Å². The maximum absolute atomic E-state index is 12.9. The number of aromatic nitrogens is 1. The Hall–Kier alpha value is -2.21. The summed E-state index contributed by atoms with van der Waals surface area (Å²) in [5.74, 6) is 0. The van der Waals surface area contributed by atoms with Crippen LogP contribution in [0.1, 0.15) is 22.9 Å². The lowest BCUT2D eigenvalue weighted by Crippen LogP contribution is -2.30. The molecule has 1 atom stereocenters. The van der Waals surface area contributed by atoms with Crippen LogP contribution in [0.4, 0.5) is 0 Å². The number of aryl methyl sites for hydroxylation is 1. The lowest BCUT2D eigenvalue weighted by Gasteiger charge is -2.19. The lowest BCUT2D eigenvalue weighted by atomic mass is 10.0. The third-order valence-electron chi connectivity index (χ3n) is 3.77. The van der Waals surface area contributed by atoms with E-state index >= 15 is 0 Å². The van der Waals surface area contributed by atoms with Crippen LogP contribution >= 0.6 is 11.6 Å². The Labute approximate surface area is 152 Å². The van der Waals surface area contributed by atoms with Gasteiger partial charge in [0.05, 0.1) is 16.8 Å². The monoisotopic (exact) mass is 372 g/mol.